The van der Waals surface area contributed by atoms with E-state index in [-0.39, 0.29) is 37.0 Å². The van der Waals surface area contributed by atoms with Gasteiger partial charge in [0, 0.05) is 12.6 Å². The summed E-state index contributed by atoms with van der Waals surface area (Å²) in [7, 11) is 0. The third-order valence-electron chi connectivity index (χ3n) is 6.27. The van der Waals surface area contributed by atoms with Gasteiger partial charge in [-0.2, -0.15) is 10.2 Å². The zero-order chi connectivity index (χ0) is 24.9. The summed E-state index contributed by atoms with van der Waals surface area (Å²) in [5, 5.41) is 10.4. The molecule has 1 saturated heterocycles. The Labute approximate surface area is 203 Å². The molecule has 0 spiro atoms. The molecule has 1 aliphatic heterocycles. The Balaban J connectivity index is 1.58. The van der Waals surface area contributed by atoms with Gasteiger partial charge in [-0.05, 0) is 40.3 Å². The summed E-state index contributed by atoms with van der Waals surface area (Å²) in [6.45, 7) is 3.68. The Hall–Kier alpha value is -3.68. The number of hydrogen-bond acceptors (Lipinski definition) is 4. The van der Waals surface area contributed by atoms with E-state index in [1.165, 1.54) is 23.4 Å². The molecular weight excluding hydrogens is 450 g/mol. The first kappa shape index (κ1) is 24.4. The molecule has 8 heteroatoms. The van der Waals surface area contributed by atoms with E-state index in [0.717, 1.165) is 5.56 Å². The predicted molar refractivity (Wildman–Crippen MR) is 128 cm³/mol. The van der Waals surface area contributed by atoms with Crippen LogP contribution < -0.4 is 5.32 Å². The van der Waals surface area contributed by atoms with Crippen LogP contribution in [0, 0.1) is 5.82 Å². The highest BCUT2D eigenvalue weighted by molar-refractivity contribution is 5.89. The van der Waals surface area contributed by atoms with E-state index in [9.17, 15) is 18.4 Å². The molecule has 1 N–H and O–H groups in total. The van der Waals surface area contributed by atoms with Crippen molar-refractivity contribution in [2.75, 3.05) is 6.54 Å². The van der Waals surface area contributed by atoms with Crippen molar-refractivity contribution in [3.63, 3.8) is 0 Å². The Morgan fingerprint density at radius 2 is 1.86 bits per heavy atom. The fraction of sp³-hybridized carbons (Fsp3) is 0.333. The molecule has 2 amide bonds. The van der Waals surface area contributed by atoms with Crippen LogP contribution in [0.3, 0.4) is 0 Å². The molecule has 3 unspecified atom stereocenters. The number of amides is 2. The Morgan fingerprint density at radius 3 is 2.51 bits per heavy atom. The van der Waals surface area contributed by atoms with Gasteiger partial charge in [0.05, 0.1) is 25.2 Å². The van der Waals surface area contributed by atoms with Crippen molar-refractivity contribution < 1.29 is 18.4 Å². The number of alkyl halides is 1. The Kier molecular flexibility index (Phi) is 7.48. The van der Waals surface area contributed by atoms with Crippen LogP contribution in [0.25, 0.3) is 0 Å². The SMILES string of the molecule is CC(C)c1ccc(C(NC(=O)C2CC(F)CN2C(=O)Cc2ccnnc2)c2ccccc2)cc1F. The zero-order valence-corrected chi connectivity index (χ0v) is 19.7. The third-order valence-corrected chi connectivity index (χ3v) is 6.27. The maximum Gasteiger partial charge on any atom is 0.243 e. The fourth-order valence-electron chi connectivity index (χ4n) is 4.44. The summed E-state index contributed by atoms with van der Waals surface area (Å²) in [6.07, 6.45) is 1.55. The quantitative estimate of drug-likeness (QED) is 0.554. The van der Waals surface area contributed by atoms with Crippen LogP contribution in [0.5, 0.6) is 0 Å². The number of likely N-dealkylation sites (tertiary alicyclic amines) is 1. The molecule has 4 rings (SSSR count). The van der Waals surface area contributed by atoms with Gasteiger partial charge in [-0.25, -0.2) is 8.78 Å². The number of nitrogens with zero attached hydrogens (tertiary/aromatic N) is 3. The number of nitrogens with one attached hydrogen (secondary N) is 1. The number of carbonyl (C=O) groups excluding carboxylic acids is 2. The van der Waals surface area contributed by atoms with Crippen LogP contribution in [0.15, 0.2) is 67.0 Å². The standard InChI is InChI=1S/C27H28F2N4O2/c1-17(2)22-9-8-20(13-23(22)29)26(19-6-4-3-5-7-19)32-27(35)24-14-21(28)16-33(24)25(34)12-18-10-11-30-31-15-18/h3-11,13,15,17,21,24,26H,12,14,16H2,1-2H3,(H,32,35). The van der Waals surface area contributed by atoms with Gasteiger partial charge in [0.25, 0.3) is 0 Å². The highest BCUT2D eigenvalue weighted by Crippen LogP contribution is 2.28. The van der Waals surface area contributed by atoms with Crippen LogP contribution >= 0.6 is 0 Å². The van der Waals surface area contributed by atoms with Gasteiger partial charge in [0.2, 0.25) is 11.8 Å². The molecule has 1 fully saturated rings. The second-order valence-corrected chi connectivity index (χ2v) is 9.11. The van der Waals surface area contributed by atoms with Gasteiger partial charge in [0.1, 0.15) is 18.0 Å². The number of carbonyl (C=O) groups is 2. The van der Waals surface area contributed by atoms with Gasteiger partial charge in [-0.15, -0.1) is 0 Å². The lowest BCUT2D eigenvalue weighted by Gasteiger charge is -2.27. The number of hydrogen-bond donors (Lipinski definition) is 1. The minimum atomic E-state index is -1.30. The van der Waals surface area contributed by atoms with Crippen molar-refractivity contribution in [3.05, 3.63) is 95.1 Å². The zero-order valence-electron chi connectivity index (χ0n) is 19.7. The largest absolute Gasteiger partial charge is 0.343 e. The lowest BCUT2D eigenvalue weighted by Crippen LogP contribution is -2.47. The molecule has 1 aromatic heterocycles. The van der Waals surface area contributed by atoms with Gasteiger partial charge in [-0.1, -0.05) is 56.3 Å². The second-order valence-electron chi connectivity index (χ2n) is 9.11. The molecule has 2 aromatic carbocycles. The maximum absolute atomic E-state index is 14.8. The minimum Gasteiger partial charge on any atom is -0.343 e. The summed E-state index contributed by atoms with van der Waals surface area (Å²) in [4.78, 5) is 27.6. The molecule has 2 heterocycles. The van der Waals surface area contributed by atoms with Gasteiger partial charge >= 0.3 is 0 Å². The minimum absolute atomic E-state index is 0.00396. The normalized spacial score (nSPS) is 18.5. The maximum atomic E-state index is 14.8. The molecule has 182 valence electrons. The molecule has 0 radical (unpaired) electrons. The van der Waals surface area contributed by atoms with Gasteiger partial charge < -0.3 is 10.2 Å². The third kappa shape index (κ3) is 5.70. The number of rotatable bonds is 7. The van der Waals surface area contributed by atoms with E-state index in [4.69, 9.17) is 0 Å². The summed E-state index contributed by atoms with van der Waals surface area (Å²) < 4.78 is 29.2. The van der Waals surface area contributed by atoms with Crippen molar-refractivity contribution in [2.24, 2.45) is 0 Å². The molecule has 3 atom stereocenters. The molecule has 6 nitrogen and oxygen atoms in total. The summed E-state index contributed by atoms with van der Waals surface area (Å²) in [5.41, 5.74) is 2.55. The van der Waals surface area contributed by atoms with Crippen LogP contribution in [0.4, 0.5) is 8.78 Å². The van der Waals surface area contributed by atoms with Crippen molar-refractivity contribution in [2.45, 2.75) is 50.9 Å². The average Bonchev–Trinajstić information content (AvgIpc) is 3.25. The number of aromatic nitrogens is 2. The highest BCUT2D eigenvalue weighted by atomic mass is 19.1. The van der Waals surface area contributed by atoms with E-state index in [1.54, 1.807) is 18.2 Å². The Morgan fingerprint density at radius 1 is 1.09 bits per heavy atom. The van der Waals surface area contributed by atoms with Crippen molar-refractivity contribution >= 4 is 11.8 Å². The van der Waals surface area contributed by atoms with E-state index in [0.29, 0.717) is 16.7 Å². The highest BCUT2D eigenvalue weighted by Gasteiger charge is 2.40. The van der Waals surface area contributed by atoms with Crippen molar-refractivity contribution in [3.8, 4) is 0 Å². The topological polar surface area (TPSA) is 75.2 Å². The fourth-order valence-corrected chi connectivity index (χ4v) is 4.44. The second kappa shape index (κ2) is 10.7. The van der Waals surface area contributed by atoms with Crippen LogP contribution in [0.2, 0.25) is 0 Å². The lowest BCUT2D eigenvalue weighted by molar-refractivity contribution is -0.138. The average molecular weight is 479 g/mol. The first-order chi connectivity index (χ1) is 16.8. The van der Waals surface area contributed by atoms with Crippen molar-refractivity contribution in [1.29, 1.82) is 0 Å². The molecule has 0 aliphatic carbocycles. The molecule has 3 aromatic rings. The summed E-state index contributed by atoms with van der Waals surface area (Å²) >= 11 is 0. The lowest BCUT2D eigenvalue weighted by atomic mass is 9.94. The number of halogens is 2. The molecule has 35 heavy (non-hydrogen) atoms. The summed E-state index contributed by atoms with van der Waals surface area (Å²) in [6, 6.07) is 14.2. The molecular formula is C27H28F2N4O2. The summed E-state index contributed by atoms with van der Waals surface area (Å²) in [5.74, 6) is -1.17. The predicted octanol–water partition coefficient (Wildman–Crippen LogP) is 4.13. The van der Waals surface area contributed by atoms with Crippen LogP contribution in [0.1, 0.15) is 54.5 Å². The Bertz CT molecular complexity index is 1170. The molecule has 0 bridgehead atoms. The van der Waals surface area contributed by atoms with E-state index < -0.39 is 24.2 Å². The molecule has 1 aliphatic rings. The first-order valence-corrected chi connectivity index (χ1v) is 11.7. The molecule has 0 saturated carbocycles. The van der Waals surface area contributed by atoms with E-state index in [2.05, 4.69) is 15.5 Å². The smallest absolute Gasteiger partial charge is 0.243 e. The van der Waals surface area contributed by atoms with Crippen molar-refractivity contribution in [1.82, 2.24) is 20.4 Å². The van der Waals surface area contributed by atoms with Gasteiger partial charge in [0.15, 0.2) is 0 Å². The van der Waals surface area contributed by atoms with E-state index in [1.807, 2.05) is 44.2 Å². The first-order valence-electron chi connectivity index (χ1n) is 11.7. The number of benzene rings is 2. The van der Waals surface area contributed by atoms with Gasteiger partial charge in [-0.3, -0.25) is 9.59 Å². The van der Waals surface area contributed by atoms with Crippen LogP contribution in [-0.4, -0.2) is 45.7 Å². The monoisotopic (exact) mass is 478 g/mol. The van der Waals surface area contributed by atoms with E-state index >= 15 is 0 Å². The van der Waals surface area contributed by atoms with Crippen LogP contribution in [-0.2, 0) is 16.0 Å².